The number of sulfonamides is 1. The zero-order valence-corrected chi connectivity index (χ0v) is 8.83. The smallest absolute Gasteiger partial charge is 0.212 e. The summed E-state index contributed by atoms with van der Waals surface area (Å²) in [5.74, 6) is 0.875. The number of hydrogen-bond donors (Lipinski definition) is 0. The molecule has 0 radical (unpaired) electrons. The number of unbranched alkanes of at least 4 members (excludes halogenated alkanes) is 1. The molecule has 0 rings (SSSR count). The van der Waals surface area contributed by atoms with E-state index in [4.69, 9.17) is 0 Å². The summed E-state index contributed by atoms with van der Waals surface area (Å²) in [5, 5.41) is 0. The van der Waals surface area contributed by atoms with Crippen LogP contribution in [0.25, 0.3) is 0 Å². The SMILES string of the molecule is CCCCSN(C)S(C)(=O)=O. The van der Waals surface area contributed by atoms with Crippen molar-refractivity contribution in [1.82, 2.24) is 3.71 Å². The van der Waals surface area contributed by atoms with Crippen LogP contribution in [-0.2, 0) is 10.0 Å². The fraction of sp³-hybridized carbons (Fsp3) is 1.00. The highest BCUT2D eigenvalue weighted by atomic mass is 32.3. The van der Waals surface area contributed by atoms with Gasteiger partial charge in [0.25, 0.3) is 0 Å². The molecule has 0 aliphatic heterocycles. The summed E-state index contributed by atoms with van der Waals surface area (Å²) >= 11 is 1.35. The molecule has 68 valence electrons. The second-order valence-electron chi connectivity index (χ2n) is 2.36. The van der Waals surface area contributed by atoms with Crippen molar-refractivity contribution < 1.29 is 8.42 Å². The standard InChI is InChI=1S/C6H15NO2S2/c1-4-5-6-10-7(2)11(3,8)9/h4-6H2,1-3H3. The highest BCUT2D eigenvalue weighted by molar-refractivity contribution is 8.08. The van der Waals surface area contributed by atoms with Gasteiger partial charge in [-0.25, -0.2) is 8.42 Å². The van der Waals surface area contributed by atoms with E-state index in [2.05, 4.69) is 6.92 Å². The Bertz CT molecular complexity index is 189. The first-order valence-corrected chi connectivity index (χ1v) is 6.34. The lowest BCUT2D eigenvalue weighted by Gasteiger charge is -2.11. The second-order valence-corrected chi connectivity index (χ2v) is 5.82. The molecule has 0 bridgehead atoms. The highest BCUT2D eigenvalue weighted by Gasteiger charge is 2.09. The molecule has 3 nitrogen and oxygen atoms in total. The lowest BCUT2D eigenvalue weighted by Crippen LogP contribution is -2.18. The lowest BCUT2D eigenvalue weighted by atomic mass is 10.4. The fourth-order valence-corrected chi connectivity index (χ4v) is 2.10. The van der Waals surface area contributed by atoms with E-state index >= 15 is 0 Å². The number of rotatable bonds is 5. The molecule has 0 N–H and O–H groups in total. The normalized spacial score (nSPS) is 12.4. The Morgan fingerprint density at radius 1 is 1.45 bits per heavy atom. The Morgan fingerprint density at radius 2 is 2.00 bits per heavy atom. The summed E-state index contributed by atoms with van der Waals surface area (Å²) in [4.78, 5) is 0. The highest BCUT2D eigenvalue weighted by Crippen LogP contribution is 2.12. The van der Waals surface area contributed by atoms with Gasteiger partial charge in [0.15, 0.2) is 0 Å². The van der Waals surface area contributed by atoms with Crippen LogP contribution in [0.15, 0.2) is 0 Å². The molecular weight excluding hydrogens is 182 g/mol. The van der Waals surface area contributed by atoms with Crippen molar-refractivity contribution in [2.75, 3.05) is 19.1 Å². The van der Waals surface area contributed by atoms with Crippen LogP contribution in [0.4, 0.5) is 0 Å². The number of nitrogens with zero attached hydrogens (tertiary/aromatic N) is 1. The minimum Gasteiger partial charge on any atom is -0.212 e. The molecule has 0 fully saturated rings. The third-order valence-corrected chi connectivity index (χ3v) is 4.14. The van der Waals surface area contributed by atoms with E-state index in [0.29, 0.717) is 0 Å². The molecule has 0 saturated heterocycles. The van der Waals surface area contributed by atoms with Crippen molar-refractivity contribution in [1.29, 1.82) is 0 Å². The molecule has 0 aliphatic carbocycles. The zero-order valence-electron chi connectivity index (χ0n) is 7.20. The maximum absolute atomic E-state index is 10.8. The minimum absolute atomic E-state index is 0.875. The van der Waals surface area contributed by atoms with Crippen LogP contribution in [-0.4, -0.2) is 31.2 Å². The van der Waals surface area contributed by atoms with Gasteiger partial charge < -0.3 is 0 Å². The first kappa shape index (κ1) is 11.3. The molecule has 0 aromatic rings. The number of hydrogen-bond acceptors (Lipinski definition) is 3. The Labute approximate surface area is 73.3 Å². The maximum Gasteiger partial charge on any atom is 0.220 e. The van der Waals surface area contributed by atoms with Gasteiger partial charge >= 0.3 is 0 Å². The molecule has 0 aromatic carbocycles. The summed E-state index contributed by atoms with van der Waals surface area (Å²) in [6.45, 7) is 2.08. The summed E-state index contributed by atoms with van der Waals surface area (Å²) in [6, 6.07) is 0. The summed E-state index contributed by atoms with van der Waals surface area (Å²) in [6.07, 6.45) is 3.38. The van der Waals surface area contributed by atoms with Gasteiger partial charge in [0.2, 0.25) is 10.0 Å². The Morgan fingerprint density at radius 3 is 2.36 bits per heavy atom. The largest absolute Gasteiger partial charge is 0.220 e. The van der Waals surface area contributed by atoms with Gasteiger partial charge in [0.1, 0.15) is 0 Å². The van der Waals surface area contributed by atoms with E-state index in [1.807, 2.05) is 0 Å². The molecule has 5 heteroatoms. The van der Waals surface area contributed by atoms with E-state index in [0.717, 1.165) is 18.6 Å². The van der Waals surface area contributed by atoms with Crippen molar-refractivity contribution in [2.24, 2.45) is 0 Å². The molecular formula is C6H15NO2S2. The second kappa shape index (κ2) is 5.00. The van der Waals surface area contributed by atoms with E-state index in [1.165, 1.54) is 21.9 Å². The molecule has 0 unspecified atom stereocenters. The molecule has 0 aliphatic rings. The van der Waals surface area contributed by atoms with Gasteiger partial charge in [-0.15, -0.1) is 3.71 Å². The molecule has 0 aromatic heterocycles. The predicted octanol–water partition coefficient (Wildman–Crippen LogP) is 1.33. The minimum atomic E-state index is -2.99. The summed E-state index contributed by atoms with van der Waals surface area (Å²) in [5.41, 5.74) is 0. The van der Waals surface area contributed by atoms with E-state index in [9.17, 15) is 8.42 Å². The van der Waals surface area contributed by atoms with E-state index in [-0.39, 0.29) is 0 Å². The molecule has 11 heavy (non-hydrogen) atoms. The maximum atomic E-state index is 10.8. The van der Waals surface area contributed by atoms with Crippen molar-refractivity contribution in [3.63, 3.8) is 0 Å². The van der Waals surface area contributed by atoms with Crippen molar-refractivity contribution in [3.05, 3.63) is 0 Å². The molecule has 0 amide bonds. The Balaban J connectivity index is 3.62. The Kier molecular flexibility index (Phi) is 5.12. The van der Waals surface area contributed by atoms with Gasteiger partial charge in [-0.2, -0.15) is 0 Å². The quantitative estimate of drug-likeness (QED) is 0.493. The van der Waals surface area contributed by atoms with Crippen LogP contribution in [0.3, 0.4) is 0 Å². The first-order valence-electron chi connectivity index (χ1n) is 3.55. The Hall–Kier alpha value is 0.260. The van der Waals surface area contributed by atoms with Crippen molar-refractivity contribution in [2.45, 2.75) is 19.8 Å². The third-order valence-electron chi connectivity index (χ3n) is 1.24. The van der Waals surface area contributed by atoms with E-state index in [1.54, 1.807) is 7.05 Å². The average molecular weight is 197 g/mol. The molecule has 0 atom stereocenters. The van der Waals surface area contributed by atoms with Gasteiger partial charge in [-0.1, -0.05) is 25.3 Å². The fourth-order valence-electron chi connectivity index (χ4n) is 0.433. The zero-order chi connectivity index (χ0) is 8.91. The van der Waals surface area contributed by atoms with Crippen molar-refractivity contribution >= 4 is 22.0 Å². The van der Waals surface area contributed by atoms with Crippen LogP contribution >= 0.6 is 11.9 Å². The van der Waals surface area contributed by atoms with Crippen LogP contribution in [0.2, 0.25) is 0 Å². The molecule has 0 saturated carbocycles. The third kappa shape index (κ3) is 5.52. The molecule has 0 heterocycles. The summed E-state index contributed by atoms with van der Waals surface area (Å²) < 4.78 is 23.0. The van der Waals surface area contributed by atoms with Crippen LogP contribution in [0, 0.1) is 0 Å². The average Bonchev–Trinajstić information content (AvgIpc) is 1.86. The summed E-state index contributed by atoms with van der Waals surface area (Å²) in [7, 11) is -1.41. The molecule has 0 spiro atoms. The van der Waals surface area contributed by atoms with E-state index < -0.39 is 10.0 Å². The van der Waals surface area contributed by atoms with Gasteiger partial charge in [-0.05, 0) is 6.42 Å². The topological polar surface area (TPSA) is 37.4 Å². The van der Waals surface area contributed by atoms with Gasteiger partial charge in [-0.3, -0.25) is 0 Å². The monoisotopic (exact) mass is 197 g/mol. The van der Waals surface area contributed by atoms with Gasteiger partial charge in [0, 0.05) is 12.8 Å². The van der Waals surface area contributed by atoms with Gasteiger partial charge in [0.05, 0.1) is 6.26 Å². The van der Waals surface area contributed by atoms with Crippen molar-refractivity contribution in [3.8, 4) is 0 Å². The predicted molar refractivity (Wildman–Crippen MR) is 50.0 cm³/mol. The first-order chi connectivity index (χ1) is 4.98. The van der Waals surface area contributed by atoms with Crippen LogP contribution in [0.5, 0.6) is 0 Å². The van der Waals surface area contributed by atoms with Crippen LogP contribution < -0.4 is 0 Å². The lowest BCUT2D eigenvalue weighted by molar-refractivity contribution is 0.571. The van der Waals surface area contributed by atoms with Crippen LogP contribution in [0.1, 0.15) is 19.8 Å².